The molecule has 2 aromatic rings. The van der Waals surface area contributed by atoms with Crippen LogP contribution in [0.2, 0.25) is 0 Å². The van der Waals surface area contributed by atoms with Crippen molar-refractivity contribution in [1.29, 1.82) is 0 Å². The van der Waals surface area contributed by atoms with Gasteiger partial charge in [0.2, 0.25) is 0 Å². The minimum Gasteiger partial charge on any atom is -0.342 e. The number of aromatic nitrogens is 2. The summed E-state index contributed by atoms with van der Waals surface area (Å²) in [5.41, 5.74) is 3.62. The van der Waals surface area contributed by atoms with Crippen LogP contribution in [0.4, 0.5) is 0 Å². The number of rotatable bonds is 4. The average molecular weight is 214 g/mol. The Labute approximate surface area is 96.7 Å². The predicted octanol–water partition coefficient (Wildman–Crippen LogP) is 3.73. The van der Waals surface area contributed by atoms with Crippen molar-refractivity contribution in [3.63, 3.8) is 0 Å². The van der Waals surface area contributed by atoms with E-state index in [4.69, 9.17) is 0 Å². The fourth-order valence-corrected chi connectivity index (χ4v) is 1.91. The van der Waals surface area contributed by atoms with Gasteiger partial charge in [-0.3, -0.25) is 0 Å². The first kappa shape index (κ1) is 10.9. The molecule has 16 heavy (non-hydrogen) atoms. The lowest BCUT2D eigenvalue weighted by Gasteiger charge is -2.01. The molecule has 0 saturated carbocycles. The molecule has 0 radical (unpaired) electrons. The molecular weight excluding hydrogens is 196 g/mol. The average Bonchev–Trinajstić information content (AvgIpc) is 2.69. The summed E-state index contributed by atoms with van der Waals surface area (Å²) in [6.07, 6.45) is 3.47. The van der Waals surface area contributed by atoms with Crippen LogP contribution < -0.4 is 0 Å². The molecule has 2 heteroatoms. The van der Waals surface area contributed by atoms with Crippen molar-refractivity contribution in [2.45, 2.75) is 33.1 Å². The van der Waals surface area contributed by atoms with Gasteiger partial charge < -0.3 is 4.98 Å². The lowest BCUT2D eigenvalue weighted by atomic mass is 10.1. The van der Waals surface area contributed by atoms with E-state index in [2.05, 4.69) is 41.2 Å². The van der Waals surface area contributed by atoms with E-state index in [9.17, 15) is 0 Å². The number of hydrogen-bond donors (Lipinski definition) is 1. The highest BCUT2D eigenvalue weighted by atomic mass is 14.9. The molecule has 1 heterocycles. The van der Waals surface area contributed by atoms with E-state index >= 15 is 0 Å². The summed E-state index contributed by atoms with van der Waals surface area (Å²) in [5, 5.41) is 0. The number of unbranched alkanes of at least 4 members (excludes halogenated alkanes) is 1. The largest absolute Gasteiger partial charge is 0.342 e. The molecule has 0 saturated heterocycles. The second-order valence-corrected chi connectivity index (χ2v) is 4.11. The Balaban J connectivity index is 2.33. The van der Waals surface area contributed by atoms with Crippen LogP contribution in [0.3, 0.4) is 0 Å². The summed E-state index contributed by atoms with van der Waals surface area (Å²) < 4.78 is 0. The maximum absolute atomic E-state index is 4.57. The zero-order valence-electron chi connectivity index (χ0n) is 9.96. The lowest BCUT2D eigenvalue weighted by Crippen LogP contribution is -1.89. The van der Waals surface area contributed by atoms with Gasteiger partial charge in [-0.2, -0.15) is 0 Å². The number of nitrogens with zero attached hydrogens (tertiary/aromatic N) is 1. The van der Waals surface area contributed by atoms with Crippen molar-refractivity contribution in [2.24, 2.45) is 0 Å². The van der Waals surface area contributed by atoms with E-state index in [1.807, 2.05) is 13.0 Å². The number of benzene rings is 1. The Morgan fingerprint density at radius 3 is 2.62 bits per heavy atom. The van der Waals surface area contributed by atoms with Gasteiger partial charge in [0.15, 0.2) is 0 Å². The van der Waals surface area contributed by atoms with Gasteiger partial charge >= 0.3 is 0 Å². The van der Waals surface area contributed by atoms with Gasteiger partial charge in [-0.1, -0.05) is 43.7 Å². The number of nitrogens with one attached hydrogen (secondary N) is 1. The first-order valence-electron chi connectivity index (χ1n) is 5.92. The molecule has 2 rings (SSSR count). The van der Waals surface area contributed by atoms with Crippen LogP contribution in [0.15, 0.2) is 30.3 Å². The Bertz CT molecular complexity index is 443. The van der Waals surface area contributed by atoms with E-state index in [-0.39, 0.29) is 0 Å². The molecular formula is C14H18N2. The van der Waals surface area contributed by atoms with Gasteiger partial charge in [0.25, 0.3) is 0 Å². The summed E-state index contributed by atoms with van der Waals surface area (Å²) in [6, 6.07) is 10.4. The van der Waals surface area contributed by atoms with E-state index in [0.29, 0.717) is 0 Å². The minimum absolute atomic E-state index is 1.00. The smallest absolute Gasteiger partial charge is 0.103 e. The Hall–Kier alpha value is -1.57. The number of hydrogen-bond acceptors (Lipinski definition) is 1. The third-order valence-corrected chi connectivity index (χ3v) is 2.73. The number of aromatic amines is 1. The molecule has 0 aliphatic carbocycles. The molecule has 2 nitrogen and oxygen atoms in total. The van der Waals surface area contributed by atoms with Crippen molar-refractivity contribution in [1.82, 2.24) is 9.97 Å². The van der Waals surface area contributed by atoms with Crippen LogP contribution in [0.5, 0.6) is 0 Å². The molecule has 1 N–H and O–H groups in total. The summed E-state index contributed by atoms with van der Waals surface area (Å²) >= 11 is 0. The lowest BCUT2D eigenvalue weighted by molar-refractivity contribution is 0.780. The van der Waals surface area contributed by atoms with Gasteiger partial charge in [0.05, 0.1) is 11.4 Å². The van der Waals surface area contributed by atoms with Gasteiger partial charge in [-0.25, -0.2) is 4.98 Å². The van der Waals surface area contributed by atoms with E-state index in [0.717, 1.165) is 12.2 Å². The van der Waals surface area contributed by atoms with Crippen molar-refractivity contribution in [3.05, 3.63) is 41.9 Å². The molecule has 0 atom stereocenters. The fraction of sp³-hybridized carbons (Fsp3) is 0.357. The van der Waals surface area contributed by atoms with E-state index in [1.165, 1.54) is 29.8 Å². The highest BCUT2D eigenvalue weighted by Crippen LogP contribution is 2.22. The van der Waals surface area contributed by atoms with Gasteiger partial charge in [-0.05, 0) is 25.3 Å². The van der Waals surface area contributed by atoms with Gasteiger partial charge in [0, 0.05) is 0 Å². The Kier molecular flexibility index (Phi) is 3.40. The quantitative estimate of drug-likeness (QED) is 0.825. The standard InChI is InChI=1S/C14H18N2/c1-3-4-10-13-14(16-11(2)15-13)12-8-6-5-7-9-12/h5-9H,3-4,10H2,1-2H3,(H,15,16). The number of aryl methyl sites for hydroxylation is 2. The first-order chi connectivity index (χ1) is 7.81. The van der Waals surface area contributed by atoms with Crippen molar-refractivity contribution < 1.29 is 0 Å². The normalized spacial score (nSPS) is 10.6. The highest BCUT2D eigenvalue weighted by molar-refractivity contribution is 5.61. The molecule has 0 fully saturated rings. The molecule has 0 unspecified atom stereocenters. The van der Waals surface area contributed by atoms with Crippen LogP contribution in [0.1, 0.15) is 31.3 Å². The van der Waals surface area contributed by atoms with E-state index < -0.39 is 0 Å². The maximum Gasteiger partial charge on any atom is 0.103 e. The summed E-state index contributed by atoms with van der Waals surface area (Å²) in [5.74, 6) is 1.00. The van der Waals surface area contributed by atoms with Gasteiger partial charge in [-0.15, -0.1) is 0 Å². The molecule has 1 aromatic carbocycles. The minimum atomic E-state index is 1.00. The molecule has 84 valence electrons. The van der Waals surface area contributed by atoms with E-state index in [1.54, 1.807) is 0 Å². The molecule has 0 spiro atoms. The summed E-state index contributed by atoms with van der Waals surface area (Å²) in [6.45, 7) is 4.23. The topological polar surface area (TPSA) is 28.7 Å². The monoisotopic (exact) mass is 214 g/mol. The van der Waals surface area contributed by atoms with Crippen molar-refractivity contribution in [3.8, 4) is 11.3 Å². The molecule has 0 aliphatic rings. The third kappa shape index (κ3) is 2.32. The van der Waals surface area contributed by atoms with Crippen LogP contribution in [-0.2, 0) is 6.42 Å². The SMILES string of the molecule is CCCCc1nc(C)[nH]c1-c1ccccc1. The molecule has 1 aromatic heterocycles. The Morgan fingerprint density at radius 2 is 1.94 bits per heavy atom. The van der Waals surface area contributed by atoms with Crippen LogP contribution >= 0.6 is 0 Å². The highest BCUT2D eigenvalue weighted by Gasteiger charge is 2.08. The zero-order valence-corrected chi connectivity index (χ0v) is 9.96. The van der Waals surface area contributed by atoms with Crippen molar-refractivity contribution >= 4 is 0 Å². The number of imidazole rings is 1. The summed E-state index contributed by atoms with van der Waals surface area (Å²) in [7, 11) is 0. The third-order valence-electron chi connectivity index (χ3n) is 2.73. The maximum atomic E-state index is 4.57. The Morgan fingerprint density at radius 1 is 1.19 bits per heavy atom. The second-order valence-electron chi connectivity index (χ2n) is 4.11. The first-order valence-corrected chi connectivity index (χ1v) is 5.92. The van der Waals surface area contributed by atoms with Crippen LogP contribution in [0, 0.1) is 6.92 Å². The number of H-pyrrole nitrogens is 1. The second kappa shape index (κ2) is 4.97. The molecule has 0 amide bonds. The van der Waals surface area contributed by atoms with Crippen LogP contribution in [0.25, 0.3) is 11.3 Å². The van der Waals surface area contributed by atoms with Crippen LogP contribution in [-0.4, -0.2) is 9.97 Å². The van der Waals surface area contributed by atoms with Crippen molar-refractivity contribution in [2.75, 3.05) is 0 Å². The summed E-state index contributed by atoms with van der Waals surface area (Å²) in [4.78, 5) is 7.93. The zero-order chi connectivity index (χ0) is 11.4. The predicted molar refractivity (Wildman–Crippen MR) is 67.4 cm³/mol. The fourth-order valence-electron chi connectivity index (χ4n) is 1.91. The van der Waals surface area contributed by atoms with Gasteiger partial charge in [0.1, 0.15) is 5.82 Å². The molecule has 0 bridgehead atoms. The molecule has 0 aliphatic heterocycles.